The van der Waals surface area contributed by atoms with E-state index in [2.05, 4.69) is 48.2 Å². The van der Waals surface area contributed by atoms with Crippen LogP contribution in [0.15, 0.2) is 36.5 Å². The lowest BCUT2D eigenvalue weighted by Gasteiger charge is -1.92. The Kier molecular flexibility index (Phi) is 2.37. The van der Waals surface area contributed by atoms with Gasteiger partial charge in [0.15, 0.2) is 0 Å². The normalized spacial score (nSPS) is 11.6. The fraction of sp³-hybridized carbons (Fsp3) is 0.167. The molecule has 14 heavy (non-hydrogen) atoms. The van der Waals surface area contributed by atoms with Crippen molar-refractivity contribution in [2.24, 2.45) is 12.8 Å². The third-order valence-electron chi connectivity index (χ3n) is 2.36. The fourth-order valence-corrected chi connectivity index (χ4v) is 1.70. The second-order valence-electron chi connectivity index (χ2n) is 3.35. The summed E-state index contributed by atoms with van der Waals surface area (Å²) in [7, 11) is 2.06. The van der Waals surface area contributed by atoms with E-state index in [4.69, 9.17) is 5.73 Å². The molecule has 2 heteroatoms. The van der Waals surface area contributed by atoms with Gasteiger partial charge in [0, 0.05) is 30.7 Å². The number of nitrogens with two attached hydrogens (primary N) is 1. The Morgan fingerprint density at radius 2 is 2.14 bits per heavy atom. The van der Waals surface area contributed by atoms with Gasteiger partial charge in [-0.3, -0.25) is 0 Å². The molecule has 72 valence electrons. The predicted molar refractivity (Wildman–Crippen MR) is 61.0 cm³/mol. The minimum absolute atomic E-state index is 0.587. The molecule has 2 rings (SSSR count). The molecule has 0 atom stereocenters. The first kappa shape index (κ1) is 9.03. The van der Waals surface area contributed by atoms with E-state index in [1.165, 1.54) is 16.5 Å². The number of rotatable bonds is 2. The van der Waals surface area contributed by atoms with Crippen molar-refractivity contribution in [1.82, 2.24) is 4.57 Å². The number of aromatic nitrogens is 1. The van der Waals surface area contributed by atoms with Crippen molar-refractivity contribution in [3.63, 3.8) is 0 Å². The maximum absolute atomic E-state index is 5.43. The van der Waals surface area contributed by atoms with E-state index in [9.17, 15) is 0 Å². The SMILES string of the molecule is Cn1cc(/C=C/CN)c2ccccc21. The summed E-state index contributed by atoms with van der Waals surface area (Å²) in [5.41, 5.74) is 7.92. The van der Waals surface area contributed by atoms with Gasteiger partial charge in [-0.15, -0.1) is 0 Å². The van der Waals surface area contributed by atoms with Gasteiger partial charge in [-0.1, -0.05) is 30.4 Å². The molecule has 1 aromatic carbocycles. The average molecular weight is 186 g/mol. The Morgan fingerprint density at radius 1 is 1.36 bits per heavy atom. The Labute approximate surface area is 83.6 Å². The summed E-state index contributed by atoms with van der Waals surface area (Å²) in [6.45, 7) is 0.587. The van der Waals surface area contributed by atoms with Gasteiger partial charge in [0.05, 0.1) is 0 Å². The van der Waals surface area contributed by atoms with Crippen molar-refractivity contribution < 1.29 is 0 Å². The van der Waals surface area contributed by atoms with Crippen LogP contribution in [0.1, 0.15) is 5.56 Å². The lowest BCUT2D eigenvalue weighted by Crippen LogP contribution is -1.91. The van der Waals surface area contributed by atoms with Crippen molar-refractivity contribution >= 4 is 17.0 Å². The number of benzene rings is 1. The van der Waals surface area contributed by atoms with Crippen LogP contribution in [0.5, 0.6) is 0 Å². The fourth-order valence-electron chi connectivity index (χ4n) is 1.70. The van der Waals surface area contributed by atoms with Crippen molar-refractivity contribution in [1.29, 1.82) is 0 Å². The Morgan fingerprint density at radius 3 is 2.93 bits per heavy atom. The molecule has 0 saturated heterocycles. The predicted octanol–water partition coefficient (Wildman–Crippen LogP) is 2.15. The zero-order chi connectivity index (χ0) is 9.97. The van der Waals surface area contributed by atoms with Crippen molar-refractivity contribution in [2.75, 3.05) is 6.54 Å². The van der Waals surface area contributed by atoms with Crippen molar-refractivity contribution in [2.45, 2.75) is 0 Å². The van der Waals surface area contributed by atoms with Gasteiger partial charge < -0.3 is 10.3 Å². The van der Waals surface area contributed by atoms with Crippen molar-refractivity contribution in [3.05, 3.63) is 42.1 Å². The van der Waals surface area contributed by atoms with E-state index in [0.29, 0.717) is 6.54 Å². The molecule has 1 aromatic heterocycles. The molecule has 0 fully saturated rings. The van der Waals surface area contributed by atoms with Crippen molar-refractivity contribution in [3.8, 4) is 0 Å². The molecule has 0 bridgehead atoms. The summed E-state index contributed by atoms with van der Waals surface area (Å²) in [5, 5.41) is 1.28. The topological polar surface area (TPSA) is 30.9 Å². The molecule has 0 saturated carbocycles. The van der Waals surface area contributed by atoms with Crippen LogP contribution in [0.4, 0.5) is 0 Å². The average Bonchev–Trinajstić information content (AvgIpc) is 2.54. The zero-order valence-corrected chi connectivity index (χ0v) is 8.27. The van der Waals surface area contributed by atoms with Crippen LogP contribution in [0.2, 0.25) is 0 Å². The number of para-hydroxylation sites is 1. The first-order valence-corrected chi connectivity index (χ1v) is 4.73. The third-order valence-corrected chi connectivity index (χ3v) is 2.36. The first-order chi connectivity index (χ1) is 6.83. The maximum atomic E-state index is 5.43. The number of fused-ring (bicyclic) bond motifs is 1. The second-order valence-corrected chi connectivity index (χ2v) is 3.35. The maximum Gasteiger partial charge on any atom is 0.0483 e. The summed E-state index contributed by atoms with van der Waals surface area (Å²) in [4.78, 5) is 0. The monoisotopic (exact) mass is 186 g/mol. The van der Waals surface area contributed by atoms with Gasteiger partial charge in [-0.05, 0) is 11.6 Å². The number of hydrogen-bond acceptors (Lipinski definition) is 1. The highest BCUT2D eigenvalue weighted by Gasteiger charge is 2.01. The Balaban J connectivity index is 2.61. The zero-order valence-electron chi connectivity index (χ0n) is 8.27. The van der Waals surface area contributed by atoms with Gasteiger partial charge in [0.2, 0.25) is 0 Å². The van der Waals surface area contributed by atoms with Crippen LogP contribution in [-0.4, -0.2) is 11.1 Å². The second kappa shape index (κ2) is 3.68. The van der Waals surface area contributed by atoms with Gasteiger partial charge in [0.25, 0.3) is 0 Å². The standard InChI is InChI=1S/C12H14N2/c1-14-9-10(5-4-8-13)11-6-2-3-7-12(11)14/h2-7,9H,8,13H2,1H3/b5-4+. The molecule has 2 nitrogen and oxygen atoms in total. The van der Waals surface area contributed by atoms with E-state index in [1.807, 2.05) is 6.08 Å². The molecule has 0 amide bonds. The summed E-state index contributed by atoms with van der Waals surface area (Å²) in [5.74, 6) is 0. The molecule has 1 heterocycles. The minimum atomic E-state index is 0.587. The smallest absolute Gasteiger partial charge is 0.0483 e. The molecule has 0 aliphatic rings. The van der Waals surface area contributed by atoms with E-state index < -0.39 is 0 Å². The molecule has 2 aromatic rings. The quantitative estimate of drug-likeness (QED) is 0.765. The summed E-state index contributed by atoms with van der Waals surface area (Å²) in [6.07, 6.45) is 6.17. The van der Waals surface area contributed by atoms with Gasteiger partial charge in [0.1, 0.15) is 0 Å². The molecule has 2 N–H and O–H groups in total. The lowest BCUT2D eigenvalue weighted by atomic mass is 10.1. The van der Waals surface area contributed by atoms with Gasteiger partial charge >= 0.3 is 0 Å². The lowest BCUT2D eigenvalue weighted by molar-refractivity contribution is 0.968. The highest BCUT2D eigenvalue weighted by molar-refractivity contribution is 5.89. The first-order valence-electron chi connectivity index (χ1n) is 4.73. The minimum Gasteiger partial charge on any atom is -0.350 e. The molecule has 0 aliphatic carbocycles. The molecule has 0 aliphatic heterocycles. The molecule has 0 radical (unpaired) electrons. The van der Waals surface area contributed by atoms with Crippen LogP contribution in [-0.2, 0) is 7.05 Å². The molecular formula is C12H14N2. The molecule has 0 unspecified atom stereocenters. The van der Waals surface area contributed by atoms with Crippen LogP contribution in [0.3, 0.4) is 0 Å². The van der Waals surface area contributed by atoms with Crippen LogP contribution >= 0.6 is 0 Å². The highest BCUT2D eigenvalue weighted by atomic mass is 14.9. The molecular weight excluding hydrogens is 172 g/mol. The van der Waals surface area contributed by atoms with E-state index in [0.717, 1.165) is 0 Å². The summed E-state index contributed by atoms with van der Waals surface area (Å²) < 4.78 is 2.13. The van der Waals surface area contributed by atoms with Gasteiger partial charge in [-0.25, -0.2) is 0 Å². The summed E-state index contributed by atoms with van der Waals surface area (Å²) >= 11 is 0. The Hall–Kier alpha value is -1.54. The van der Waals surface area contributed by atoms with E-state index >= 15 is 0 Å². The van der Waals surface area contributed by atoms with Crippen LogP contribution < -0.4 is 5.73 Å². The largest absolute Gasteiger partial charge is 0.350 e. The number of aryl methyl sites for hydroxylation is 1. The Bertz CT molecular complexity index is 466. The highest BCUT2D eigenvalue weighted by Crippen LogP contribution is 2.20. The van der Waals surface area contributed by atoms with Crippen LogP contribution in [0, 0.1) is 0 Å². The number of nitrogens with zero attached hydrogens (tertiary/aromatic N) is 1. The molecule has 0 spiro atoms. The van der Waals surface area contributed by atoms with Crippen LogP contribution in [0.25, 0.3) is 17.0 Å². The van der Waals surface area contributed by atoms with Gasteiger partial charge in [-0.2, -0.15) is 0 Å². The summed E-state index contributed by atoms with van der Waals surface area (Å²) in [6, 6.07) is 8.36. The van der Waals surface area contributed by atoms with E-state index in [1.54, 1.807) is 0 Å². The third kappa shape index (κ3) is 1.44. The number of hydrogen-bond donors (Lipinski definition) is 1. The van der Waals surface area contributed by atoms with E-state index in [-0.39, 0.29) is 0 Å².